The molecule has 0 bridgehead atoms. The molecule has 2 heterocycles. The summed E-state index contributed by atoms with van der Waals surface area (Å²) in [5.74, 6) is 1.64. The van der Waals surface area contributed by atoms with Crippen LogP contribution in [0.4, 0.5) is 10.1 Å². The summed E-state index contributed by atoms with van der Waals surface area (Å²) in [4.78, 5) is 4.50. The summed E-state index contributed by atoms with van der Waals surface area (Å²) in [5, 5.41) is 0.476. The van der Waals surface area contributed by atoms with Gasteiger partial charge in [0.05, 0.1) is 10.9 Å². The van der Waals surface area contributed by atoms with Gasteiger partial charge in [0.2, 0.25) is 0 Å². The quantitative estimate of drug-likeness (QED) is 0.761. The highest BCUT2D eigenvalue weighted by Crippen LogP contribution is 2.33. The first kappa shape index (κ1) is 9.90. The average molecular weight is 234 g/mol. The maximum atomic E-state index is 13.7. The van der Waals surface area contributed by atoms with E-state index in [1.165, 1.54) is 6.07 Å². The number of aryl methyl sites for hydroxylation is 1. The standard InChI is InChI=1S/C12H11FN2S/c13-8-2-1-3-10-11(8)12(14)7-6-16-5-4-9(7)15-10/h1-3H,4-6H2,(H2,14,15). The van der Waals surface area contributed by atoms with Crippen molar-refractivity contribution in [1.29, 1.82) is 0 Å². The molecule has 82 valence electrons. The number of aromatic nitrogens is 1. The molecule has 0 spiro atoms. The first-order valence-electron chi connectivity index (χ1n) is 5.20. The normalized spacial score (nSPS) is 15.1. The predicted molar refractivity (Wildman–Crippen MR) is 66.0 cm³/mol. The minimum atomic E-state index is -0.277. The van der Waals surface area contributed by atoms with Gasteiger partial charge in [-0.2, -0.15) is 11.8 Å². The van der Waals surface area contributed by atoms with E-state index in [0.29, 0.717) is 16.6 Å². The van der Waals surface area contributed by atoms with E-state index < -0.39 is 0 Å². The second-order valence-electron chi connectivity index (χ2n) is 3.89. The monoisotopic (exact) mass is 234 g/mol. The first-order chi connectivity index (χ1) is 7.77. The highest BCUT2D eigenvalue weighted by molar-refractivity contribution is 7.98. The third kappa shape index (κ3) is 1.37. The van der Waals surface area contributed by atoms with Crippen LogP contribution in [0.25, 0.3) is 10.9 Å². The van der Waals surface area contributed by atoms with E-state index in [4.69, 9.17) is 5.73 Å². The fourth-order valence-electron chi connectivity index (χ4n) is 2.10. The number of rotatable bonds is 0. The summed E-state index contributed by atoms with van der Waals surface area (Å²) in [5.41, 5.74) is 9.35. The molecule has 3 rings (SSSR count). The molecule has 0 unspecified atom stereocenters. The van der Waals surface area contributed by atoms with Gasteiger partial charge >= 0.3 is 0 Å². The summed E-state index contributed by atoms with van der Waals surface area (Å²) in [7, 11) is 0. The van der Waals surface area contributed by atoms with Crippen molar-refractivity contribution in [1.82, 2.24) is 4.98 Å². The van der Waals surface area contributed by atoms with Crippen LogP contribution in [0.2, 0.25) is 0 Å². The summed E-state index contributed by atoms with van der Waals surface area (Å²) in [6.45, 7) is 0. The van der Waals surface area contributed by atoms with Crippen molar-refractivity contribution >= 4 is 28.4 Å². The number of nitrogens with two attached hydrogens (primary N) is 1. The van der Waals surface area contributed by atoms with Crippen LogP contribution in [0.15, 0.2) is 18.2 Å². The van der Waals surface area contributed by atoms with Crippen LogP contribution < -0.4 is 5.73 Å². The summed E-state index contributed by atoms with van der Waals surface area (Å²) >= 11 is 1.82. The minimum Gasteiger partial charge on any atom is -0.398 e. The molecule has 4 heteroatoms. The molecule has 0 atom stereocenters. The van der Waals surface area contributed by atoms with E-state index in [-0.39, 0.29) is 5.82 Å². The van der Waals surface area contributed by atoms with Crippen LogP contribution in [-0.4, -0.2) is 10.7 Å². The zero-order chi connectivity index (χ0) is 11.1. The smallest absolute Gasteiger partial charge is 0.134 e. The Kier molecular flexibility index (Phi) is 2.24. The number of hydrogen-bond donors (Lipinski definition) is 1. The number of pyridine rings is 1. The Morgan fingerprint density at radius 3 is 3.12 bits per heavy atom. The van der Waals surface area contributed by atoms with Gasteiger partial charge in [-0.05, 0) is 24.3 Å². The fraction of sp³-hybridized carbons (Fsp3) is 0.250. The van der Waals surface area contributed by atoms with Gasteiger partial charge in [-0.15, -0.1) is 0 Å². The molecule has 2 N–H and O–H groups in total. The lowest BCUT2D eigenvalue weighted by Gasteiger charge is -2.18. The van der Waals surface area contributed by atoms with Crippen LogP contribution in [-0.2, 0) is 12.2 Å². The summed E-state index contributed by atoms with van der Waals surface area (Å²) in [6, 6.07) is 4.92. The molecular weight excluding hydrogens is 223 g/mol. The van der Waals surface area contributed by atoms with E-state index in [0.717, 1.165) is 29.2 Å². The largest absolute Gasteiger partial charge is 0.398 e. The molecule has 0 saturated heterocycles. The van der Waals surface area contributed by atoms with Crippen LogP contribution in [0, 0.1) is 5.82 Å². The van der Waals surface area contributed by atoms with Crippen molar-refractivity contribution in [2.24, 2.45) is 0 Å². The SMILES string of the molecule is Nc1c2c(nc3cccc(F)c13)CCSC2. The molecule has 16 heavy (non-hydrogen) atoms. The number of benzene rings is 1. The third-order valence-electron chi connectivity index (χ3n) is 2.92. The lowest BCUT2D eigenvalue weighted by Crippen LogP contribution is -2.09. The van der Waals surface area contributed by atoms with E-state index in [9.17, 15) is 4.39 Å². The topological polar surface area (TPSA) is 38.9 Å². The van der Waals surface area contributed by atoms with E-state index in [1.54, 1.807) is 6.07 Å². The van der Waals surface area contributed by atoms with Crippen LogP contribution >= 0.6 is 11.8 Å². The van der Waals surface area contributed by atoms with Crippen molar-refractivity contribution in [2.75, 3.05) is 11.5 Å². The van der Waals surface area contributed by atoms with Crippen molar-refractivity contribution in [3.63, 3.8) is 0 Å². The van der Waals surface area contributed by atoms with E-state index in [2.05, 4.69) is 4.98 Å². The van der Waals surface area contributed by atoms with Crippen LogP contribution in [0.5, 0.6) is 0 Å². The molecule has 0 fully saturated rings. The van der Waals surface area contributed by atoms with Gasteiger partial charge < -0.3 is 5.73 Å². The van der Waals surface area contributed by atoms with Gasteiger partial charge in [0, 0.05) is 22.7 Å². The Balaban J connectivity index is 2.40. The number of anilines is 1. The Labute approximate surface area is 97.1 Å². The Bertz CT molecular complexity index is 568. The van der Waals surface area contributed by atoms with Gasteiger partial charge in [-0.1, -0.05) is 6.07 Å². The van der Waals surface area contributed by atoms with Gasteiger partial charge in [-0.3, -0.25) is 4.98 Å². The molecule has 1 aromatic heterocycles. The van der Waals surface area contributed by atoms with Crippen LogP contribution in [0.1, 0.15) is 11.3 Å². The zero-order valence-corrected chi connectivity index (χ0v) is 9.48. The molecule has 1 aromatic carbocycles. The highest BCUT2D eigenvalue weighted by Gasteiger charge is 2.18. The molecule has 0 saturated carbocycles. The molecule has 1 aliphatic heterocycles. The lowest BCUT2D eigenvalue weighted by molar-refractivity contribution is 0.639. The van der Waals surface area contributed by atoms with E-state index in [1.807, 2.05) is 17.8 Å². The maximum Gasteiger partial charge on any atom is 0.134 e. The summed E-state index contributed by atoms with van der Waals surface area (Å²) in [6.07, 6.45) is 0.927. The molecule has 0 radical (unpaired) electrons. The van der Waals surface area contributed by atoms with Gasteiger partial charge in [0.25, 0.3) is 0 Å². The number of halogens is 1. The molecule has 0 amide bonds. The van der Waals surface area contributed by atoms with E-state index >= 15 is 0 Å². The molecule has 0 aliphatic carbocycles. The Morgan fingerprint density at radius 2 is 2.25 bits per heavy atom. The Morgan fingerprint density at radius 1 is 1.38 bits per heavy atom. The second-order valence-corrected chi connectivity index (χ2v) is 4.99. The molecule has 2 nitrogen and oxygen atoms in total. The minimum absolute atomic E-state index is 0.277. The van der Waals surface area contributed by atoms with Gasteiger partial charge in [0.15, 0.2) is 0 Å². The number of hydrogen-bond acceptors (Lipinski definition) is 3. The lowest BCUT2D eigenvalue weighted by atomic mass is 10.1. The number of nitrogens with zero attached hydrogens (tertiary/aromatic N) is 1. The number of nitrogen functional groups attached to an aromatic ring is 1. The highest BCUT2D eigenvalue weighted by atomic mass is 32.2. The number of thioether (sulfide) groups is 1. The van der Waals surface area contributed by atoms with Crippen molar-refractivity contribution < 1.29 is 4.39 Å². The van der Waals surface area contributed by atoms with Gasteiger partial charge in [-0.25, -0.2) is 4.39 Å². The predicted octanol–water partition coefficient (Wildman–Crippen LogP) is 2.75. The second kappa shape index (κ2) is 3.63. The zero-order valence-electron chi connectivity index (χ0n) is 8.66. The number of fused-ring (bicyclic) bond motifs is 2. The maximum absolute atomic E-state index is 13.7. The van der Waals surface area contributed by atoms with Crippen molar-refractivity contribution in [3.05, 3.63) is 35.3 Å². The third-order valence-corrected chi connectivity index (χ3v) is 3.91. The Hall–Kier alpha value is -1.29. The summed E-state index contributed by atoms with van der Waals surface area (Å²) < 4.78 is 13.7. The molecule has 2 aromatic rings. The van der Waals surface area contributed by atoms with Crippen molar-refractivity contribution in [2.45, 2.75) is 12.2 Å². The van der Waals surface area contributed by atoms with Crippen LogP contribution in [0.3, 0.4) is 0 Å². The average Bonchev–Trinajstić information content (AvgIpc) is 2.29. The van der Waals surface area contributed by atoms with Gasteiger partial charge in [0.1, 0.15) is 5.82 Å². The first-order valence-corrected chi connectivity index (χ1v) is 6.36. The fourth-order valence-corrected chi connectivity index (χ4v) is 3.11. The molecule has 1 aliphatic rings. The van der Waals surface area contributed by atoms with Crippen molar-refractivity contribution in [3.8, 4) is 0 Å². The molecular formula is C12H11FN2S.